The van der Waals surface area contributed by atoms with Gasteiger partial charge in [0.1, 0.15) is 0 Å². The average Bonchev–Trinajstić information content (AvgIpc) is 2.66. The van der Waals surface area contributed by atoms with Gasteiger partial charge in [0.05, 0.1) is 17.8 Å². The molecule has 0 bridgehead atoms. The third-order valence-corrected chi connectivity index (χ3v) is 3.57. The van der Waals surface area contributed by atoms with E-state index in [4.69, 9.17) is 5.73 Å². The van der Waals surface area contributed by atoms with Crippen LogP contribution in [0.15, 0.2) is 12.1 Å². The lowest BCUT2D eigenvalue weighted by Gasteiger charge is -2.24. The minimum atomic E-state index is 0.0473. The Morgan fingerprint density at radius 2 is 2.22 bits per heavy atom. The number of benzene rings is 1. The van der Waals surface area contributed by atoms with Crippen molar-refractivity contribution in [2.24, 2.45) is 5.92 Å². The Labute approximate surface area is 108 Å². The first-order valence-electron chi connectivity index (χ1n) is 6.44. The lowest BCUT2D eigenvalue weighted by atomic mass is 10.1. The number of nitrogens with one attached hydrogen (secondary N) is 1. The van der Waals surface area contributed by atoms with Crippen molar-refractivity contribution in [3.8, 4) is 0 Å². The van der Waals surface area contributed by atoms with Crippen LogP contribution in [-0.4, -0.2) is 19.5 Å². The van der Waals surface area contributed by atoms with E-state index in [1.807, 2.05) is 19.2 Å². The van der Waals surface area contributed by atoms with Gasteiger partial charge in [0.25, 0.3) is 0 Å². The Morgan fingerprint density at radius 1 is 1.50 bits per heavy atom. The smallest absolute Gasteiger partial charge is 0.228 e. The number of nitrogens with zero attached hydrogens (tertiary/aromatic N) is 1. The molecule has 0 aliphatic carbocycles. The summed E-state index contributed by atoms with van der Waals surface area (Å²) in [6.45, 7) is 5.38. The van der Waals surface area contributed by atoms with E-state index in [2.05, 4.69) is 24.1 Å². The van der Waals surface area contributed by atoms with E-state index in [0.717, 1.165) is 35.6 Å². The van der Waals surface area contributed by atoms with Gasteiger partial charge < -0.3 is 16.0 Å². The molecular weight excluding hydrogens is 226 g/mol. The maximum Gasteiger partial charge on any atom is 0.228 e. The highest BCUT2D eigenvalue weighted by atomic mass is 16.1. The Hall–Kier alpha value is -1.71. The second-order valence-electron chi connectivity index (χ2n) is 5.19. The number of fused-ring (bicyclic) bond motifs is 1. The van der Waals surface area contributed by atoms with Gasteiger partial charge in [0.15, 0.2) is 0 Å². The second-order valence-corrected chi connectivity index (χ2v) is 5.19. The van der Waals surface area contributed by atoms with Crippen LogP contribution in [0, 0.1) is 5.92 Å². The van der Waals surface area contributed by atoms with Crippen LogP contribution in [-0.2, 0) is 11.2 Å². The van der Waals surface area contributed by atoms with Crippen LogP contribution in [0.25, 0.3) is 0 Å². The van der Waals surface area contributed by atoms with Crippen LogP contribution in [0.1, 0.15) is 25.8 Å². The minimum Gasteiger partial charge on any atom is -0.397 e. The molecular formula is C14H21N3O. The third kappa shape index (κ3) is 2.42. The molecule has 0 fully saturated rings. The maximum atomic E-state index is 11.4. The minimum absolute atomic E-state index is 0.0473. The third-order valence-electron chi connectivity index (χ3n) is 3.57. The van der Waals surface area contributed by atoms with Crippen LogP contribution in [0.2, 0.25) is 0 Å². The average molecular weight is 247 g/mol. The first kappa shape index (κ1) is 12.7. The van der Waals surface area contributed by atoms with Crippen molar-refractivity contribution < 1.29 is 4.79 Å². The molecule has 0 saturated carbocycles. The van der Waals surface area contributed by atoms with Gasteiger partial charge in [0.2, 0.25) is 5.91 Å². The number of carbonyl (C=O) groups is 1. The summed E-state index contributed by atoms with van der Waals surface area (Å²) >= 11 is 0. The summed E-state index contributed by atoms with van der Waals surface area (Å²) in [5.74, 6) is 0.670. The van der Waals surface area contributed by atoms with Gasteiger partial charge in [-0.1, -0.05) is 20.3 Å². The zero-order chi connectivity index (χ0) is 13.3. The summed E-state index contributed by atoms with van der Waals surface area (Å²) in [5, 5.41) is 2.87. The lowest BCUT2D eigenvalue weighted by Crippen LogP contribution is -2.24. The summed E-state index contributed by atoms with van der Waals surface area (Å²) in [5.41, 5.74) is 9.72. The van der Waals surface area contributed by atoms with Gasteiger partial charge in [0, 0.05) is 19.3 Å². The summed E-state index contributed by atoms with van der Waals surface area (Å²) in [7, 11) is 2.04. The normalized spacial score (nSPS) is 15.2. The number of hydrogen-bond donors (Lipinski definition) is 2. The molecule has 0 radical (unpaired) electrons. The van der Waals surface area contributed by atoms with Gasteiger partial charge >= 0.3 is 0 Å². The number of rotatable bonds is 4. The van der Waals surface area contributed by atoms with E-state index >= 15 is 0 Å². The van der Waals surface area contributed by atoms with Crippen molar-refractivity contribution in [1.82, 2.24) is 0 Å². The van der Waals surface area contributed by atoms with Crippen molar-refractivity contribution >= 4 is 23.0 Å². The quantitative estimate of drug-likeness (QED) is 0.802. The molecule has 0 aromatic heterocycles. The summed E-state index contributed by atoms with van der Waals surface area (Å²) in [6.07, 6.45) is 1.58. The first-order chi connectivity index (χ1) is 8.51. The van der Waals surface area contributed by atoms with Crippen LogP contribution in [0.4, 0.5) is 17.1 Å². The van der Waals surface area contributed by atoms with E-state index in [-0.39, 0.29) is 5.91 Å². The predicted octanol–water partition coefficient (Wildman–Crippen LogP) is 2.25. The molecule has 1 aliphatic heterocycles. The molecule has 2 rings (SSSR count). The number of anilines is 3. The zero-order valence-electron chi connectivity index (χ0n) is 11.3. The van der Waals surface area contributed by atoms with E-state index in [1.165, 1.54) is 0 Å². The highest BCUT2D eigenvalue weighted by Gasteiger charge is 2.20. The molecule has 4 heteroatoms. The van der Waals surface area contributed by atoms with Gasteiger partial charge in [-0.2, -0.15) is 0 Å². The number of nitrogen functional groups attached to an aromatic ring is 1. The van der Waals surface area contributed by atoms with Gasteiger partial charge in [-0.15, -0.1) is 0 Å². The summed E-state index contributed by atoms with van der Waals surface area (Å²) < 4.78 is 0. The molecule has 1 atom stereocenters. The van der Waals surface area contributed by atoms with Crippen molar-refractivity contribution in [2.75, 3.05) is 29.5 Å². The van der Waals surface area contributed by atoms with Crippen LogP contribution >= 0.6 is 0 Å². The molecule has 1 amide bonds. The number of amides is 1. The fourth-order valence-corrected chi connectivity index (χ4v) is 2.31. The predicted molar refractivity (Wildman–Crippen MR) is 75.9 cm³/mol. The molecule has 1 unspecified atom stereocenters. The molecule has 1 heterocycles. The second kappa shape index (κ2) is 4.88. The van der Waals surface area contributed by atoms with E-state index in [9.17, 15) is 4.79 Å². The SMILES string of the molecule is CCC(C)CN(C)c1cc2c(cc1N)CC(=O)N2. The van der Waals surface area contributed by atoms with Gasteiger partial charge in [-0.25, -0.2) is 0 Å². The summed E-state index contributed by atoms with van der Waals surface area (Å²) in [4.78, 5) is 13.5. The first-order valence-corrected chi connectivity index (χ1v) is 6.44. The molecule has 1 aromatic carbocycles. The van der Waals surface area contributed by atoms with Gasteiger partial charge in [-0.05, 0) is 23.6 Å². The maximum absolute atomic E-state index is 11.4. The van der Waals surface area contributed by atoms with Crippen LogP contribution in [0.5, 0.6) is 0 Å². The molecule has 18 heavy (non-hydrogen) atoms. The van der Waals surface area contributed by atoms with Crippen molar-refractivity contribution in [1.29, 1.82) is 0 Å². The highest BCUT2D eigenvalue weighted by molar-refractivity contribution is 6.00. The number of nitrogens with two attached hydrogens (primary N) is 1. The van der Waals surface area contributed by atoms with Crippen LogP contribution in [0.3, 0.4) is 0 Å². The Kier molecular flexibility index (Phi) is 3.45. The Bertz CT molecular complexity index is 470. The fourth-order valence-electron chi connectivity index (χ4n) is 2.31. The molecule has 0 saturated heterocycles. The van der Waals surface area contributed by atoms with Crippen LogP contribution < -0.4 is 16.0 Å². The largest absolute Gasteiger partial charge is 0.397 e. The fraction of sp³-hybridized carbons (Fsp3) is 0.500. The topological polar surface area (TPSA) is 58.4 Å². The molecule has 0 spiro atoms. The molecule has 1 aliphatic rings. The van der Waals surface area contributed by atoms with E-state index in [0.29, 0.717) is 12.3 Å². The van der Waals surface area contributed by atoms with Gasteiger partial charge in [-0.3, -0.25) is 4.79 Å². The monoisotopic (exact) mass is 247 g/mol. The Balaban J connectivity index is 2.24. The molecule has 1 aromatic rings. The summed E-state index contributed by atoms with van der Waals surface area (Å²) in [6, 6.07) is 3.90. The lowest BCUT2D eigenvalue weighted by molar-refractivity contribution is -0.115. The zero-order valence-corrected chi connectivity index (χ0v) is 11.3. The Morgan fingerprint density at radius 3 is 2.89 bits per heavy atom. The van der Waals surface area contributed by atoms with Crippen molar-refractivity contribution in [2.45, 2.75) is 26.7 Å². The molecule has 98 valence electrons. The van der Waals surface area contributed by atoms with E-state index < -0.39 is 0 Å². The van der Waals surface area contributed by atoms with E-state index in [1.54, 1.807) is 0 Å². The standard InChI is InChI=1S/C14H21N3O/c1-4-9(2)8-17(3)13-7-12-10(5-11(13)15)6-14(18)16-12/h5,7,9H,4,6,8,15H2,1-3H3,(H,16,18). The number of hydrogen-bond acceptors (Lipinski definition) is 3. The van der Waals surface area contributed by atoms with Crippen molar-refractivity contribution in [3.05, 3.63) is 17.7 Å². The highest BCUT2D eigenvalue weighted by Crippen LogP contribution is 2.33. The molecule has 3 N–H and O–H groups in total. The van der Waals surface area contributed by atoms with Crippen molar-refractivity contribution in [3.63, 3.8) is 0 Å². The molecule has 4 nitrogen and oxygen atoms in total. The number of carbonyl (C=O) groups excluding carboxylic acids is 1.